The van der Waals surface area contributed by atoms with E-state index in [4.69, 9.17) is 4.74 Å². The number of ketones is 1. The molecular formula is C28H41NO3S. The fourth-order valence-corrected chi connectivity index (χ4v) is 9.76. The van der Waals surface area contributed by atoms with Crippen molar-refractivity contribution in [3.63, 3.8) is 0 Å². The summed E-state index contributed by atoms with van der Waals surface area (Å²) < 4.78 is 5.37. The number of aromatic nitrogens is 1. The van der Waals surface area contributed by atoms with Crippen LogP contribution < -0.4 is 0 Å². The summed E-state index contributed by atoms with van der Waals surface area (Å²) in [6, 6.07) is 4.00. The number of Topliss-reactive ketones (excluding diaryl/α,β-unsaturated/α-hetero) is 1. The van der Waals surface area contributed by atoms with Crippen LogP contribution in [0.15, 0.2) is 29.4 Å². The Morgan fingerprint density at radius 1 is 1.06 bits per heavy atom. The van der Waals surface area contributed by atoms with Crippen LogP contribution >= 0.6 is 11.8 Å². The van der Waals surface area contributed by atoms with Crippen LogP contribution in [-0.4, -0.2) is 40.9 Å². The fourth-order valence-electron chi connectivity index (χ4n) is 8.94. The third-order valence-electron chi connectivity index (χ3n) is 10.7. The van der Waals surface area contributed by atoms with Crippen LogP contribution in [0.3, 0.4) is 0 Å². The van der Waals surface area contributed by atoms with Crippen molar-refractivity contribution in [1.29, 1.82) is 0 Å². The zero-order valence-electron chi connectivity index (χ0n) is 20.6. The summed E-state index contributed by atoms with van der Waals surface area (Å²) in [5.41, 5.74) is -0.123. The van der Waals surface area contributed by atoms with E-state index in [9.17, 15) is 9.90 Å². The van der Waals surface area contributed by atoms with Gasteiger partial charge in [0.2, 0.25) is 0 Å². The second-order valence-electron chi connectivity index (χ2n) is 12.1. The Kier molecular flexibility index (Phi) is 6.46. The lowest BCUT2D eigenvalue weighted by Crippen LogP contribution is -2.56. The summed E-state index contributed by atoms with van der Waals surface area (Å²) in [6.45, 7) is 5.45. The second kappa shape index (κ2) is 8.95. The summed E-state index contributed by atoms with van der Waals surface area (Å²) >= 11 is 1.67. The molecule has 1 N–H and O–H groups in total. The average Bonchev–Trinajstić information content (AvgIpc) is 3.16. The molecule has 1 unspecified atom stereocenters. The number of ether oxygens (including phenoxy) is 1. The minimum absolute atomic E-state index is 0.172. The first-order valence-electron chi connectivity index (χ1n) is 13.1. The Morgan fingerprint density at radius 2 is 1.82 bits per heavy atom. The Labute approximate surface area is 203 Å². The number of pyridine rings is 1. The molecule has 4 nitrogen and oxygen atoms in total. The van der Waals surface area contributed by atoms with Gasteiger partial charge in [0.15, 0.2) is 0 Å². The maximum absolute atomic E-state index is 13.4. The van der Waals surface area contributed by atoms with E-state index in [0.717, 1.165) is 42.4 Å². The number of methoxy groups -OCH3 is 1. The van der Waals surface area contributed by atoms with Crippen LogP contribution in [0.1, 0.15) is 71.6 Å². The van der Waals surface area contributed by atoms with Crippen LogP contribution in [0, 0.1) is 40.4 Å². The molecule has 1 aromatic heterocycles. The Bertz CT molecular complexity index is 864. The molecule has 0 radical (unpaired) electrons. The lowest BCUT2D eigenvalue weighted by atomic mass is 9.44. The van der Waals surface area contributed by atoms with Crippen molar-refractivity contribution in [2.24, 2.45) is 40.4 Å². The number of aliphatic hydroxyl groups is 1. The van der Waals surface area contributed by atoms with Crippen LogP contribution in [-0.2, 0) is 9.53 Å². The molecular weight excluding hydrogens is 430 g/mol. The number of hydrogen-bond acceptors (Lipinski definition) is 5. The normalized spacial score (nSPS) is 44.5. The van der Waals surface area contributed by atoms with E-state index in [0.29, 0.717) is 35.4 Å². The zero-order chi connectivity index (χ0) is 23.3. The van der Waals surface area contributed by atoms with E-state index < -0.39 is 5.60 Å². The van der Waals surface area contributed by atoms with Gasteiger partial charge < -0.3 is 9.84 Å². The summed E-state index contributed by atoms with van der Waals surface area (Å²) in [4.78, 5) is 18.6. The number of rotatable bonds is 6. The molecule has 0 amide bonds. The van der Waals surface area contributed by atoms with E-state index in [2.05, 4.69) is 18.8 Å². The molecule has 0 aliphatic heterocycles. The molecule has 4 aliphatic carbocycles. The largest absolute Gasteiger partial charge is 0.387 e. The molecule has 1 heterocycles. The van der Waals surface area contributed by atoms with E-state index in [-0.39, 0.29) is 11.3 Å². The van der Waals surface area contributed by atoms with Gasteiger partial charge in [-0.2, -0.15) is 0 Å². The summed E-state index contributed by atoms with van der Waals surface area (Å²) in [6.07, 6.45) is 13.8. The molecule has 4 aliphatic rings. The lowest BCUT2D eigenvalue weighted by molar-refractivity contribution is -0.163. The van der Waals surface area contributed by atoms with Crippen molar-refractivity contribution >= 4 is 17.5 Å². The maximum Gasteiger partial charge on any atom is 0.146 e. The van der Waals surface area contributed by atoms with Crippen molar-refractivity contribution < 1.29 is 14.6 Å². The molecule has 5 rings (SSSR count). The third-order valence-corrected chi connectivity index (χ3v) is 11.7. The number of fused-ring (bicyclic) bond motifs is 5. The van der Waals surface area contributed by atoms with Gasteiger partial charge in [0.05, 0.1) is 18.0 Å². The molecule has 0 spiro atoms. The lowest BCUT2D eigenvalue weighted by Gasteiger charge is -2.62. The van der Waals surface area contributed by atoms with Crippen molar-refractivity contribution in [2.75, 3.05) is 19.5 Å². The van der Waals surface area contributed by atoms with Crippen LogP contribution in [0.5, 0.6) is 0 Å². The molecule has 5 heteroatoms. The number of carbonyl (C=O) groups excluding carboxylic acids is 1. The van der Waals surface area contributed by atoms with E-state index in [1.54, 1.807) is 31.3 Å². The Morgan fingerprint density at radius 3 is 2.58 bits per heavy atom. The molecule has 33 heavy (non-hydrogen) atoms. The summed E-state index contributed by atoms with van der Waals surface area (Å²) in [5, 5.41) is 11.1. The molecule has 1 aromatic rings. The van der Waals surface area contributed by atoms with Gasteiger partial charge in [0.1, 0.15) is 5.78 Å². The van der Waals surface area contributed by atoms with Gasteiger partial charge >= 0.3 is 0 Å². The highest BCUT2D eigenvalue weighted by Crippen LogP contribution is 2.68. The monoisotopic (exact) mass is 471 g/mol. The van der Waals surface area contributed by atoms with Gasteiger partial charge in [-0.05, 0) is 104 Å². The predicted molar refractivity (Wildman–Crippen MR) is 132 cm³/mol. The SMILES string of the molecule is COC[C@@]1(O)CC[C@@]2(C)C(CC[C@H]3[C@@H]4CC[C@H](C(=O)CSc5ccncc5)[C@@]4(C)CC[C@@H]32)C1. The highest BCUT2D eigenvalue weighted by molar-refractivity contribution is 8.00. The first kappa shape index (κ1) is 23.8. The molecule has 0 aromatic carbocycles. The van der Waals surface area contributed by atoms with Crippen LogP contribution in [0.25, 0.3) is 0 Å². The van der Waals surface area contributed by atoms with Crippen molar-refractivity contribution in [3.8, 4) is 0 Å². The minimum Gasteiger partial charge on any atom is -0.387 e. The van der Waals surface area contributed by atoms with Gasteiger partial charge in [0.25, 0.3) is 0 Å². The molecule has 0 bridgehead atoms. The number of nitrogens with zero attached hydrogens (tertiary/aromatic N) is 1. The van der Waals surface area contributed by atoms with Crippen molar-refractivity contribution in [1.82, 2.24) is 4.98 Å². The summed E-state index contributed by atoms with van der Waals surface area (Å²) in [7, 11) is 1.71. The average molecular weight is 472 g/mol. The standard InChI is InChI=1S/C28H41NO3S/c1-26-12-13-28(31,18-32-3)16-19(26)4-5-21-22-6-7-24(27(22,2)11-8-23(21)26)25(30)17-33-20-9-14-29-15-10-20/h9-10,14-15,19,21-24,31H,4-8,11-13,16-18H2,1-3H3/t19?,21-,22-,23-,24+,26-,27-,28+/m0/s1. The fraction of sp³-hybridized carbons (Fsp3) is 0.786. The predicted octanol–water partition coefficient (Wildman–Crippen LogP) is 5.78. The first-order valence-corrected chi connectivity index (χ1v) is 14.0. The van der Waals surface area contributed by atoms with Crippen LogP contribution in [0.4, 0.5) is 0 Å². The van der Waals surface area contributed by atoms with Crippen molar-refractivity contribution in [2.45, 2.75) is 82.1 Å². The highest BCUT2D eigenvalue weighted by Gasteiger charge is 2.62. The molecule has 0 saturated heterocycles. The topological polar surface area (TPSA) is 59.4 Å². The number of thioether (sulfide) groups is 1. The van der Waals surface area contributed by atoms with Gasteiger partial charge in [-0.15, -0.1) is 11.8 Å². The maximum atomic E-state index is 13.4. The second-order valence-corrected chi connectivity index (χ2v) is 13.2. The van der Waals surface area contributed by atoms with Gasteiger partial charge in [0, 0.05) is 30.3 Å². The number of carbonyl (C=O) groups is 1. The molecule has 182 valence electrons. The quantitative estimate of drug-likeness (QED) is 0.533. The molecule has 4 saturated carbocycles. The molecule has 4 fully saturated rings. The van der Waals surface area contributed by atoms with Crippen LogP contribution in [0.2, 0.25) is 0 Å². The van der Waals surface area contributed by atoms with E-state index in [1.165, 1.54) is 32.1 Å². The Balaban J connectivity index is 1.28. The smallest absolute Gasteiger partial charge is 0.146 e. The van der Waals surface area contributed by atoms with Crippen molar-refractivity contribution in [3.05, 3.63) is 24.5 Å². The first-order chi connectivity index (χ1) is 15.8. The third kappa shape index (κ3) is 4.10. The number of hydrogen-bond donors (Lipinski definition) is 1. The van der Waals surface area contributed by atoms with E-state index >= 15 is 0 Å². The van der Waals surface area contributed by atoms with Gasteiger partial charge in [-0.3, -0.25) is 9.78 Å². The Hall–Kier alpha value is -0.910. The van der Waals surface area contributed by atoms with Gasteiger partial charge in [-0.1, -0.05) is 13.8 Å². The highest BCUT2D eigenvalue weighted by atomic mass is 32.2. The zero-order valence-corrected chi connectivity index (χ0v) is 21.4. The summed E-state index contributed by atoms with van der Waals surface area (Å²) in [5.74, 6) is 4.07. The van der Waals surface area contributed by atoms with Gasteiger partial charge in [-0.25, -0.2) is 0 Å². The molecule has 8 atom stereocenters. The minimum atomic E-state index is -0.633. The van der Waals surface area contributed by atoms with E-state index in [1.807, 2.05) is 12.1 Å².